The molecule has 8 heteroatoms. The number of aryl methyl sites for hydroxylation is 1. The van der Waals surface area contributed by atoms with Crippen LogP contribution in [-0.4, -0.2) is 32.1 Å². The molecule has 0 atom stereocenters. The standard InChI is InChI=1S/C25H22BrN5OS/c1-17-11-13-22(14-12-17)31-24(19-7-4-3-5-8-19)29-30-25(31)33-16-23(32)28-27-18(2)20-9-6-10-21(26)15-20/h3-15H,16H2,1-2H3,(H,28,32)/b27-18+. The van der Waals surface area contributed by atoms with Crippen molar-refractivity contribution >= 4 is 39.3 Å². The maximum atomic E-state index is 12.5. The smallest absolute Gasteiger partial charge is 0.250 e. The number of aromatic nitrogens is 3. The summed E-state index contributed by atoms with van der Waals surface area (Å²) < 4.78 is 2.93. The van der Waals surface area contributed by atoms with Gasteiger partial charge in [0.05, 0.1) is 11.5 Å². The number of nitrogens with zero attached hydrogens (tertiary/aromatic N) is 4. The van der Waals surface area contributed by atoms with Crippen LogP contribution in [0, 0.1) is 6.92 Å². The van der Waals surface area contributed by atoms with Crippen molar-refractivity contribution in [1.29, 1.82) is 0 Å². The second-order valence-corrected chi connectivity index (χ2v) is 9.23. The quantitative estimate of drug-likeness (QED) is 0.195. The highest BCUT2D eigenvalue weighted by Crippen LogP contribution is 2.28. The van der Waals surface area contributed by atoms with E-state index in [1.54, 1.807) is 0 Å². The molecule has 4 rings (SSSR count). The van der Waals surface area contributed by atoms with Crippen LogP contribution >= 0.6 is 27.7 Å². The Balaban J connectivity index is 1.52. The van der Waals surface area contributed by atoms with Crippen molar-refractivity contribution in [3.05, 3.63) is 94.5 Å². The summed E-state index contributed by atoms with van der Waals surface area (Å²) in [6.07, 6.45) is 0. The molecule has 0 spiro atoms. The van der Waals surface area contributed by atoms with Crippen molar-refractivity contribution in [2.24, 2.45) is 5.10 Å². The predicted molar refractivity (Wildman–Crippen MR) is 137 cm³/mol. The van der Waals surface area contributed by atoms with Gasteiger partial charge in [-0.15, -0.1) is 10.2 Å². The molecule has 33 heavy (non-hydrogen) atoms. The van der Waals surface area contributed by atoms with Crippen LogP contribution < -0.4 is 5.43 Å². The molecule has 1 aromatic heterocycles. The van der Waals surface area contributed by atoms with E-state index in [4.69, 9.17) is 0 Å². The van der Waals surface area contributed by atoms with E-state index in [-0.39, 0.29) is 11.7 Å². The van der Waals surface area contributed by atoms with E-state index in [1.165, 1.54) is 17.3 Å². The van der Waals surface area contributed by atoms with Crippen LogP contribution in [-0.2, 0) is 4.79 Å². The summed E-state index contributed by atoms with van der Waals surface area (Å²) in [5.41, 5.74) is 7.35. The Hall–Kier alpha value is -3.23. The lowest BCUT2D eigenvalue weighted by Crippen LogP contribution is -2.21. The summed E-state index contributed by atoms with van der Waals surface area (Å²) >= 11 is 4.77. The van der Waals surface area contributed by atoms with Gasteiger partial charge < -0.3 is 0 Å². The van der Waals surface area contributed by atoms with E-state index >= 15 is 0 Å². The number of hydrogen-bond donors (Lipinski definition) is 1. The number of hydrazone groups is 1. The molecule has 0 aliphatic carbocycles. The number of rotatable bonds is 7. The molecule has 6 nitrogen and oxygen atoms in total. The SMILES string of the molecule is C/C(=N\NC(=O)CSc1nnc(-c2ccccc2)n1-c1ccc(C)cc1)c1cccc(Br)c1. The summed E-state index contributed by atoms with van der Waals surface area (Å²) in [4.78, 5) is 12.5. The van der Waals surface area contributed by atoms with Gasteiger partial charge in [0.1, 0.15) is 0 Å². The summed E-state index contributed by atoms with van der Waals surface area (Å²) in [7, 11) is 0. The topological polar surface area (TPSA) is 72.2 Å². The third-order valence-corrected chi connectivity index (χ3v) is 6.30. The number of hydrogen-bond acceptors (Lipinski definition) is 5. The van der Waals surface area contributed by atoms with Gasteiger partial charge in [-0.3, -0.25) is 9.36 Å². The van der Waals surface area contributed by atoms with Crippen molar-refractivity contribution in [3.8, 4) is 17.1 Å². The van der Waals surface area contributed by atoms with Gasteiger partial charge in [0.15, 0.2) is 11.0 Å². The van der Waals surface area contributed by atoms with E-state index in [1.807, 2.05) is 97.3 Å². The number of carbonyl (C=O) groups excluding carboxylic acids is 1. The van der Waals surface area contributed by atoms with E-state index in [0.29, 0.717) is 5.16 Å². The van der Waals surface area contributed by atoms with Gasteiger partial charge in [-0.2, -0.15) is 5.10 Å². The Bertz CT molecular complexity index is 1290. The molecule has 0 unspecified atom stereocenters. The van der Waals surface area contributed by atoms with Crippen LogP contribution in [0.5, 0.6) is 0 Å². The van der Waals surface area contributed by atoms with Gasteiger partial charge >= 0.3 is 0 Å². The van der Waals surface area contributed by atoms with E-state index < -0.39 is 0 Å². The first-order valence-electron chi connectivity index (χ1n) is 10.3. The monoisotopic (exact) mass is 519 g/mol. The fourth-order valence-electron chi connectivity index (χ4n) is 3.15. The zero-order valence-corrected chi connectivity index (χ0v) is 20.6. The van der Waals surface area contributed by atoms with Crippen molar-refractivity contribution in [2.45, 2.75) is 19.0 Å². The van der Waals surface area contributed by atoms with Crippen LogP contribution in [0.2, 0.25) is 0 Å². The van der Waals surface area contributed by atoms with Crippen molar-refractivity contribution in [3.63, 3.8) is 0 Å². The maximum absolute atomic E-state index is 12.5. The lowest BCUT2D eigenvalue weighted by atomic mass is 10.1. The molecule has 4 aromatic rings. The Labute approximate surface area is 205 Å². The largest absolute Gasteiger partial charge is 0.272 e. The predicted octanol–water partition coefficient (Wildman–Crippen LogP) is 5.64. The molecule has 0 saturated carbocycles. The number of thioether (sulfide) groups is 1. The van der Waals surface area contributed by atoms with E-state index in [0.717, 1.165) is 32.8 Å². The third-order valence-electron chi connectivity index (χ3n) is 4.88. The molecule has 0 radical (unpaired) electrons. The minimum atomic E-state index is -0.214. The lowest BCUT2D eigenvalue weighted by molar-refractivity contribution is -0.118. The first-order chi connectivity index (χ1) is 16.0. The third kappa shape index (κ3) is 5.77. The normalized spacial score (nSPS) is 11.4. The van der Waals surface area contributed by atoms with Gasteiger partial charge in [0.2, 0.25) is 0 Å². The first kappa shape index (κ1) is 22.9. The highest BCUT2D eigenvalue weighted by molar-refractivity contribution is 9.10. The Morgan fingerprint density at radius 3 is 2.52 bits per heavy atom. The van der Waals surface area contributed by atoms with Crippen LogP contribution in [0.25, 0.3) is 17.1 Å². The van der Waals surface area contributed by atoms with Crippen LogP contribution in [0.15, 0.2) is 93.6 Å². The second-order valence-electron chi connectivity index (χ2n) is 7.37. The van der Waals surface area contributed by atoms with Gasteiger partial charge in [0, 0.05) is 15.7 Å². The minimum Gasteiger partial charge on any atom is -0.272 e. The molecular weight excluding hydrogens is 498 g/mol. The molecule has 1 amide bonds. The van der Waals surface area contributed by atoms with Gasteiger partial charge in [0.25, 0.3) is 5.91 Å². The Kier molecular flexibility index (Phi) is 7.36. The van der Waals surface area contributed by atoms with E-state index in [2.05, 4.69) is 36.7 Å². The summed E-state index contributed by atoms with van der Waals surface area (Å²) in [5, 5.41) is 13.7. The minimum absolute atomic E-state index is 0.161. The Morgan fingerprint density at radius 1 is 1.03 bits per heavy atom. The molecule has 0 fully saturated rings. The fraction of sp³-hybridized carbons (Fsp3) is 0.120. The van der Waals surface area contributed by atoms with Crippen LogP contribution in [0.1, 0.15) is 18.1 Å². The van der Waals surface area contributed by atoms with Crippen molar-refractivity contribution < 1.29 is 4.79 Å². The van der Waals surface area contributed by atoms with Gasteiger partial charge in [-0.05, 0) is 43.7 Å². The molecule has 1 heterocycles. The number of carbonyl (C=O) groups is 1. The fourth-order valence-corrected chi connectivity index (χ4v) is 4.29. The molecule has 0 saturated heterocycles. The number of benzene rings is 3. The number of nitrogens with one attached hydrogen (secondary N) is 1. The van der Waals surface area contributed by atoms with Gasteiger partial charge in [-0.1, -0.05) is 87.9 Å². The maximum Gasteiger partial charge on any atom is 0.250 e. The number of amides is 1. The molecule has 3 aromatic carbocycles. The lowest BCUT2D eigenvalue weighted by Gasteiger charge is -2.10. The van der Waals surface area contributed by atoms with Crippen molar-refractivity contribution in [2.75, 3.05) is 5.75 Å². The number of halogens is 1. The molecular formula is C25H22BrN5OS. The van der Waals surface area contributed by atoms with Crippen LogP contribution in [0.4, 0.5) is 0 Å². The van der Waals surface area contributed by atoms with Gasteiger partial charge in [-0.25, -0.2) is 5.43 Å². The zero-order chi connectivity index (χ0) is 23.2. The summed E-state index contributed by atoms with van der Waals surface area (Å²) in [6.45, 7) is 3.90. The zero-order valence-electron chi connectivity index (χ0n) is 18.2. The Morgan fingerprint density at radius 2 is 1.79 bits per heavy atom. The summed E-state index contributed by atoms with van der Waals surface area (Å²) in [6, 6.07) is 25.8. The summed E-state index contributed by atoms with van der Waals surface area (Å²) in [5.74, 6) is 0.675. The first-order valence-corrected chi connectivity index (χ1v) is 12.1. The second kappa shape index (κ2) is 10.6. The molecule has 0 aliphatic heterocycles. The molecule has 1 N–H and O–H groups in total. The molecule has 0 bridgehead atoms. The average Bonchev–Trinajstić information content (AvgIpc) is 3.26. The molecule has 166 valence electrons. The van der Waals surface area contributed by atoms with E-state index in [9.17, 15) is 4.79 Å². The van der Waals surface area contributed by atoms with Crippen molar-refractivity contribution in [1.82, 2.24) is 20.2 Å². The molecule has 0 aliphatic rings. The highest BCUT2D eigenvalue weighted by atomic mass is 79.9. The van der Waals surface area contributed by atoms with Crippen LogP contribution in [0.3, 0.4) is 0 Å². The average molecular weight is 520 g/mol. The highest BCUT2D eigenvalue weighted by Gasteiger charge is 2.17.